The number of hydrogen-bond donors (Lipinski definition) is 1. The molecular formula is C12H16N4. The topological polar surface area (TPSA) is 42.7 Å². The van der Waals surface area contributed by atoms with E-state index in [1.807, 2.05) is 34.9 Å². The van der Waals surface area contributed by atoms with Crippen LogP contribution in [-0.2, 0) is 6.54 Å². The first-order valence-corrected chi connectivity index (χ1v) is 5.45. The van der Waals surface area contributed by atoms with Crippen LogP contribution in [0.1, 0.15) is 19.7 Å². The summed E-state index contributed by atoms with van der Waals surface area (Å²) in [4.78, 5) is 0. The molecule has 1 aromatic heterocycles. The van der Waals surface area contributed by atoms with Crippen molar-refractivity contribution in [2.75, 3.05) is 0 Å². The first-order valence-electron chi connectivity index (χ1n) is 5.45. The number of hydrogen-bond acceptors (Lipinski definition) is 3. The molecule has 84 valence electrons. The molecule has 1 aromatic carbocycles. The van der Waals surface area contributed by atoms with Crippen molar-refractivity contribution in [3.63, 3.8) is 0 Å². The molecule has 0 aliphatic carbocycles. The average Bonchev–Trinajstić information content (AvgIpc) is 2.75. The molecule has 0 fully saturated rings. The smallest absolute Gasteiger partial charge is 0.151 e. The number of nitrogens with zero attached hydrogens (tertiary/aromatic N) is 3. The summed E-state index contributed by atoms with van der Waals surface area (Å²) in [5.41, 5.74) is 1.09. The molecule has 0 saturated heterocycles. The Morgan fingerprint density at radius 2 is 2.00 bits per heavy atom. The Kier molecular flexibility index (Phi) is 3.31. The Morgan fingerprint density at radius 1 is 1.25 bits per heavy atom. The van der Waals surface area contributed by atoms with Crippen LogP contribution in [0.5, 0.6) is 0 Å². The maximum atomic E-state index is 4.11. The van der Waals surface area contributed by atoms with Crippen LogP contribution in [0.2, 0.25) is 0 Å². The molecule has 0 amide bonds. The Bertz CT molecular complexity index is 433. The Morgan fingerprint density at radius 3 is 2.69 bits per heavy atom. The molecule has 0 aliphatic rings. The quantitative estimate of drug-likeness (QED) is 0.847. The van der Waals surface area contributed by atoms with Crippen LogP contribution >= 0.6 is 0 Å². The zero-order valence-electron chi connectivity index (χ0n) is 9.59. The van der Waals surface area contributed by atoms with E-state index in [0.717, 1.165) is 18.1 Å². The van der Waals surface area contributed by atoms with Crippen molar-refractivity contribution in [3.8, 4) is 5.69 Å². The van der Waals surface area contributed by atoms with Gasteiger partial charge in [0.25, 0.3) is 0 Å². The fraction of sp³-hybridized carbons (Fsp3) is 0.333. The molecule has 2 aromatic rings. The van der Waals surface area contributed by atoms with E-state index < -0.39 is 0 Å². The second-order valence-corrected chi connectivity index (χ2v) is 3.99. The van der Waals surface area contributed by atoms with Gasteiger partial charge in [0.05, 0.1) is 6.54 Å². The van der Waals surface area contributed by atoms with Crippen LogP contribution in [0.3, 0.4) is 0 Å². The van der Waals surface area contributed by atoms with Gasteiger partial charge in [0.2, 0.25) is 0 Å². The summed E-state index contributed by atoms with van der Waals surface area (Å²) in [6, 6.07) is 10.6. The van der Waals surface area contributed by atoms with E-state index in [2.05, 4.69) is 29.4 Å². The van der Waals surface area contributed by atoms with Crippen molar-refractivity contribution in [3.05, 3.63) is 42.5 Å². The van der Waals surface area contributed by atoms with E-state index in [0.29, 0.717) is 6.04 Å². The lowest BCUT2D eigenvalue weighted by Gasteiger charge is -2.09. The van der Waals surface area contributed by atoms with E-state index in [1.165, 1.54) is 0 Å². The summed E-state index contributed by atoms with van der Waals surface area (Å²) in [7, 11) is 0. The normalized spacial score (nSPS) is 10.9. The van der Waals surface area contributed by atoms with Gasteiger partial charge in [0.15, 0.2) is 5.82 Å². The van der Waals surface area contributed by atoms with Crippen LogP contribution in [0.25, 0.3) is 5.69 Å². The van der Waals surface area contributed by atoms with Crippen LogP contribution in [0.15, 0.2) is 36.7 Å². The predicted molar refractivity (Wildman–Crippen MR) is 63.3 cm³/mol. The SMILES string of the molecule is CC(C)NCc1nncn1-c1ccccc1. The van der Waals surface area contributed by atoms with Gasteiger partial charge < -0.3 is 5.32 Å². The summed E-state index contributed by atoms with van der Waals surface area (Å²) in [6.45, 7) is 4.96. The molecule has 1 N–H and O–H groups in total. The van der Waals surface area contributed by atoms with Crippen molar-refractivity contribution >= 4 is 0 Å². The zero-order valence-corrected chi connectivity index (χ0v) is 9.59. The standard InChI is InChI=1S/C12H16N4/c1-10(2)13-8-12-15-14-9-16(12)11-6-4-3-5-7-11/h3-7,9-10,13H,8H2,1-2H3. The van der Waals surface area contributed by atoms with Gasteiger partial charge in [-0.1, -0.05) is 32.0 Å². The molecule has 0 spiro atoms. The van der Waals surface area contributed by atoms with Gasteiger partial charge in [-0.05, 0) is 12.1 Å². The number of rotatable bonds is 4. The second kappa shape index (κ2) is 4.90. The molecule has 1 heterocycles. The number of benzene rings is 1. The largest absolute Gasteiger partial charge is 0.308 e. The van der Waals surface area contributed by atoms with Crippen LogP contribution in [0, 0.1) is 0 Å². The first-order chi connectivity index (χ1) is 7.77. The van der Waals surface area contributed by atoms with E-state index in [-0.39, 0.29) is 0 Å². The highest BCUT2D eigenvalue weighted by molar-refractivity contribution is 5.31. The zero-order chi connectivity index (χ0) is 11.4. The lowest BCUT2D eigenvalue weighted by atomic mass is 10.3. The van der Waals surface area contributed by atoms with Crippen LogP contribution in [-0.4, -0.2) is 20.8 Å². The maximum absolute atomic E-state index is 4.11. The predicted octanol–water partition coefficient (Wildman–Crippen LogP) is 1.77. The van der Waals surface area contributed by atoms with E-state index in [1.54, 1.807) is 6.33 Å². The summed E-state index contributed by atoms with van der Waals surface area (Å²) >= 11 is 0. The van der Waals surface area contributed by atoms with Gasteiger partial charge in [-0.15, -0.1) is 10.2 Å². The molecule has 0 radical (unpaired) electrons. The lowest BCUT2D eigenvalue weighted by Crippen LogP contribution is -2.23. The summed E-state index contributed by atoms with van der Waals surface area (Å²) in [5, 5.41) is 11.4. The molecular weight excluding hydrogens is 200 g/mol. The van der Waals surface area contributed by atoms with E-state index >= 15 is 0 Å². The average molecular weight is 216 g/mol. The van der Waals surface area contributed by atoms with Crippen molar-refractivity contribution in [2.45, 2.75) is 26.4 Å². The number of nitrogens with one attached hydrogen (secondary N) is 1. The molecule has 0 unspecified atom stereocenters. The summed E-state index contributed by atoms with van der Waals surface area (Å²) in [6.07, 6.45) is 1.74. The summed E-state index contributed by atoms with van der Waals surface area (Å²) in [5.74, 6) is 0.930. The van der Waals surface area contributed by atoms with Crippen molar-refractivity contribution in [1.82, 2.24) is 20.1 Å². The fourth-order valence-corrected chi connectivity index (χ4v) is 1.48. The summed E-state index contributed by atoms with van der Waals surface area (Å²) < 4.78 is 2.00. The first kappa shape index (κ1) is 10.8. The van der Waals surface area contributed by atoms with Crippen molar-refractivity contribution in [1.29, 1.82) is 0 Å². The van der Waals surface area contributed by atoms with E-state index in [9.17, 15) is 0 Å². The molecule has 4 heteroatoms. The molecule has 2 rings (SSSR count). The Hall–Kier alpha value is -1.68. The third kappa shape index (κ3) is 2.46. The monoisotopic (exact) mass is 216 g/mol. The third-order valence-electron chi connectivity index (χ3n) is 2.32. The van der Waals surface area contributed by atoms with Crippen molar-refractivity contribution in [2.24, 2.45) is 0 Å². The highest BCUT2D eigenvalue weighted by Gasteiger charge is 2.05. The molecule has 16 heavy (non-hydrogen) atoms. The van der Waals surface area contributed by atoms with Gasteiger partial charge in [0.1, 0.15) is 6.33 Å². The minimum absolute atomic E-state index is 0.445. The molecule has 0 aliphatic heterocycles. The third-order valence-corrected chi connectivity index (χ3v) is 2.32. The highest BCUT2D eigenvalue weighted by Crippen LogP contribution is 2.08. The highest BCUT2D eigenvalue weighted by atomic mass is 15.3. The van der Waals surface area contributed by atoms with Gasteiger partial charge in [-0.3, -0.25) is 4.57 Å². The fourth-order valence-electron chi connectivity index (χ4n) is 1.48. The number of para-hydroxylation sites is 1. The van der Waals surface area contributed by atoms with Gasteiger partial charge >= 0.3 is 0 Å². The van der Waals surface area contributed by atoms with Crippen LogP contribution < -0.4 is 5.32 Å². The van der Waals surface area contributed by atoms with E-state index in [4.69, 9.17) is 0 Å². The van der Waals surface area contributed by atoms with Gasteiger partial charge in [-0.2, -0.15) is 0 Å². The minimum Gasteiger partial charge on any atom is -0.308 e. The lowest BCUT2D eigenvalue weighted by molar-refractivity contribution is 0.567. The number of aromatic nitrogens is 3. The second-order valence-electron chi connectivity index (χ2n) is 3.99. The Labute approximate surface area is 95.3 Å². The molecule has 0 saturated carbocycles. The van der Waals surface area contributed by atoms with Crippen molar-refractivity contribution < 1.29 is 0 Å². The molecule has 0 bridgehead atoms. The molecule has 0 atom stereocenters. The maximum Gasteiger partial charge on any atom is 0.151 e. The van der Waals surface area contributed by atoms with Crippen LogP contribution in [0.4, 0.5) is 0 Å². The van der Waals surface area contributed by atoms with Gasteiger partial charge in [-0.25, -0.2) is 0 Å². The Balaban J connectivity index is 2.19. The van der Waals surface area contributed by atoms with Gasteiger partial charge in [0, 0.05) is 11.7 Å². The minimum atomic E-state index is 0.445. The molecule has 4 nitrogen and oxygen atoms in total.